The van der Waals surface area contributed by atoms with E-state index < -0.39 is 0 Å². The lowest BCUT2D eigenvalue weighted by Crippen LogP contribution is -2.24. The van der Waals surface area contributed by atoms with E-state index in [2.05, 4.69) is 31.2 Å². The SMILES string of the molecule is O=c1[nH]c(CSc2ccc(Br)cc2)nc2c1CCCN2. The number of fused-ring (bicyclic) bond motifs is 1. The summed E-state index contributed by atoms with van der Waals surface area (Å²) in [6, 6.07) is 8.10. The fourth-order valence-corrected chi connectivity index (χ4v) is 3.18. The highest BCUT2D eigenvalue weighted by molar-refractivity contribution is 9.10. The van der Waals surface area contributed by atoms with Gasteiger partial charge in [0.1, 0.15) is 11.6 Å². The molecule has 6 heteroatoms. The first-order valence-corrected chi connectivity index (χ1v) is 8.24. The van der Waals surface area contributed by atoms with Crippen molar-refractivity contribution in [1.29, 1.82) is 0 Å². The van der Waals surface area contributed by atoms with Crippen LogP contribution in [-0.2, 0) is 12.2 Å². The summed E-state index contributed by atoms with van der Waals surface area (Å²) in [5, 5.41) is 3.20. The van der Waals surface area contributed by atoms with Crippen molar-refractivity contribution in [3.05, 3.63) is 50.5 Å². The van der Waals surface area contributed by atoms with E-state index in [1.165, 1.54) is 0 Å². The van der Waals surface area contributed by atoms with Crippen molar-refractivity contribution in [2.45, 2.75) is 23.5 Å². The summed E-state index contributed by atoms with van der Waals surface area (Å²) in [4.78, 5) is 20.5. The van der Waals surface area contributed by atoms with Gasteiger partial charge in [0.2, 0.25) is 0 Å². The minimum absolute atomic E-state index is 0.00592. The first-order valence-electron chi connectivity index (χ1n) is 6.47. The number of hydrogen-bond donors (Lipinski definition) is 2. The largest absolute Gasteiger partial charge is 0.370 e. The summed E-state index contributed by atoms with van der Waals surface area (Å²) in [6.07, 6.45) is 1.80. The van der Waals surface area contributed by atoms with E-state index in [0.717, 1.165) is 46.0 Å². The molecule has 0 radical (unpaired) electrons. The van der Waals surface area contributed by atoms with Crippen LogP contribution in [0.3, 0.4) is 0 Å². The standard InChI is InChI=1S/C14H14BrN3OS/c15-9-3-5-10(6-4-9)20-8-12-17-13-11(14(19)18-12)2-1-7-16-13/h3-6H,1-2,7-8H2,(H2,16,17,18,19). The van der Waals surface area contributed by atoms with Crippen molar-refractivity contribution in [2.24, 2.45) is 0 Å². The molecular weight excluding hydrogens is 338 g/mol. The van der Waals surface area contributed by atoms with E-state index >= 15 is 0 Å². The molecule has 1 aromatic heterocycles. The molecular formula is C14H14BrN3OS. The maximum atomic E-state index is 12.0. The number of nitrogens with one attached hydrogen (secondary N) is 2. The number of nitrogens with zero attached hydrogens (tertiary/aromatic N) is 1. The smallest absolute Gasteiger partial charge is 0.256 e. The third-order valence-electron chi connectivity index (χ3n) is 3.15. The first kappa shape index (κ1) is 13.7. The van der Waals surface area contributed by atoms with E-state index in [9.17, 15) is 4.79 Å². The van der Waals surface area contributed by atoms with Crippen LogP contribution in [0.5, 0.6) is 0 Å². The number of H-pyrrole nitrogens is 1. The molecule has 20 heavy (non-hydrogen) atoms. The molecule has 2 aromatic rings. The van der Waals surface area contributed by atoms with E-state index in [-0.39, 0.29) is 5.56 Å². The molecule has 0 saturated heterocycles. The number of halogens is 1. The van der Waals surface area contributed by atoms with E-state index in [4.69, 9.17) is 0 Å². The number of rotatable bonds is 3. The predicted octanol–water partition coefficient (Wildman–Crippen LogP) is 3.18. The average molecular weight is 352 g/mol. The lowest BCUT2D eigenvalue weighted by atomic mass is 10.1. The molecule has 0 atom stereocenters. The van der Waals surface area contributed by atoms with Crippen molar-refractivity contribution >= 4 is 33.5 Å². The van der Waals surface area contributed by atoms with Gasteiger partial charge in [-0.2, -0.15) is 0 Å². The number of aromatic amines is 1. The van der Waals surface area contributed by atoms with Gasteiger partial charge in [-0.1, -0.05) is 15.9 Å². The molecule has 0 saturated carbocycles. The zero-order chi connectivity index (χ0) is 13.9. The molecule has 0 bridgehead atoms. The van der Waals surface area contributed by atoms with Crippen molar-refractivity contribution in [3.63, 3.8) is 0 Å². The normalized spacial score (nSPS) is 13.7. The van der Waals surface area contributed by atoms with Gasteiger partial charge in [0.05, 0.1) is 11.3 Å². The van der Waals surface area contributed by atoms with Gasteiger partial charge in [-0.05, 0) is 37.1 Å². The molecule has 2 N–H and O–H groups in total. The zero-order valence-electron chi connectivity index (χ0n) is 10.8. The summed E-state index contributed by atoms with van der Waals surface area (Å²) in [6.45, 7) is 0.892. The number of aromatic nitrogens is 2. The molecule has 0 amide bonds. The van der Waals surface area contributed by atoms with Gasteiger partial charge in [0, 0.05) is 15.9 Å². The van der Waals surface area contributed by atoms with Crippen LogP contribution in [0.2, 0.25) is 0 Å². The van der Waals surface area contributed by atoms with E-state index in [0.29, 0.717) is 5.75 Å². The van der Waals surface area contributed by atoms with Gasteiger partial charge < -0.3 is 10.3 Å². The van der Waals surface area contributed by atoms with Crippen LogP contribution in [0, 0.1) is 0 Å². The summed E-state index contributed by atoms with van der Waals surface area (Å²) < 4.78 is 1.06. The summed E-state index contributed by atoms with van der Waals surface area (Å²) >= 11 is 5.08. The molecule has 3 rings (SSSR count). The molecule has 4 nitrogen and oxygen atoms in total. The monoisotopic (exact) mass is 351 g/mol. The molecule has 1 aliphatic rings. The Morgan fingerprint density at radius 2 is 2.10 bits per heavy atom. The van der Waals surface area contributed by atoms with Gasteiger partial charge in [0.25, 0.3) is 5.56 Å². The number of hydrogen-bond acceptors (Lipinski definition) is 4. The quantitative estimate of drug-likeness (QED) is 0.833. The van der Waals surface area contributed by atoms with E-state index in [1.54, 1.807) is 11.8 Å². The molecule has 0 spiro atoms. The maximum absolute atomic E-state index is 12.0. The molecule has 0 fully saturated rings. The van der Waals surface area contributed by atoms with Crippen molar-refractivity contribution in [3.8, 4) is 0 Å². The first-order chi connectivity index (χ1) is 9.72. The minimum Gasteiger partial charge on any atom is -0.370 e. The summed E-state index contributed by atoms with van der Waals surface area (Å²) in [7, 11) is 0. The van der Waals surface area contributed by atoms with E-state index in [1.807, 2.05) is 24.3 Å². The van der Waals surface area contributed by atoms with Crippen LogP contribution in [-0.4, -0.2) is 16.5 Å². The van der Waals surface area contributed by atoms with Crippen LogP contribution < -0.4 is 10.9 Å². The fourth-order valence-electron chi connectivity index (χ4n) is 2.15. The van der Waals surface area contributed by atoms with Crippen LogP contribution in [0.1, 0.15) is 17.8 Å². The Hall–Kier alpha value is -1.27. The summed E-state index contributed by atoms with van der Waals surface area (Å²) in [5.41, 5.74) is 0.780. The lowest BCUT2D eigenvalue weighted by molar-refractivity contribution is 0.789. The van der Waals surface area contributed by atoms with Gasteiger partial charge in [-0.25, -0.2) is 4.98 Å². The number of thioether (sulfide) groups is 1. The van der Waals surface area contributed by atoms with Crippen molar-refractivity contribution in [1.82, 2.24) is 9.97 Å². The Morgan fingerprint density at radius 3 is 2.90 bits per heavy atom. The average Bonchev–Trinajstić information content (AvgIpc) is 2.47. The molecule has 1 aromatic carbocycles. The minimum atomic E-state index is -0.00592. The second-order valence-corrected chi connectivity index (χ2v) is 6.58. The second-order valence-electron chi connectivity index (χ2n) is 4.61. The highest BCUT2D eigenvalue weighted by Crippen LogP contribution is 2.24. The third-order valence-corrected chi connectivity index (χ3v) is 4.70. The topological polar surface area (TPSA) is 57.8 Å². The molecule has 0 unspecified atom stereocenters. The maximum Gasteiger partial charge on any atom is 0.256 e. The van der Waals surface area contributed by atoms with Crippen LogP contribution in [0.25, 0.3) is 0 Å². The lowest BCUT2D eigenvalue weighted by Gasteiger charge is -2.16. The van der Waals surface area contributed by atoms with Crippen LogP contribution in [0.4, 0.5) is 5.82 Å². The predicted molar refractivity (Wildman–Crippen MR) is 85.4 cm³/mol. The Bertz CT molecular complexity index is 669. The molecule has 1 aliphatic heterocycles. The molecule has 2 heterocycles. The highest BCUT2D eigenvalue weighted by Gasteiger charge is 2.14. The fraction of sp³-hybridized carbons (Fsp3) is 0.286. The Labute approximate surface area is 129 Å². The Kier molecular flexibility index (Phi) is 4.12. The van der Waals surface area contributed by atoms with Crippen molar-refractivity contribution < 1.29 is 0 Å². The Balaban J connectivity index is 1.76. The van der Waals surface area contributed by atoms with Crippen LogP contribution in [0.15, 0.2) is 38.4 Å². The zero-order valence-corrected chi connectivity index (χ0v) is 13.2. The van der Waals surface area contributed by atoms with Crippen LogP contribution >= 0.6 is 27.7 Å². The van der Waals surface area contributed by atoms with Gasteiger partial charge in [-0.3, -0.25) is 4.79 Å². The van der Waals surface area contributed by atoms with Crippen molar-refractivity contribution in [2.75, 3.05) is 11.9 Å². The Morgan fingerprint density at radius 1 is 1.30 bits per heavy atom. The number of anilines is 1. The molecule has 104 valence electrons. The second kappa shape index (κ2) is 6.01. The number of benzene rings is 1. The highest BCUT2D eigenvalue weighted by atomic mass is 79.9. The third kappa shape index (κ3) is 3.07. The van der Waals surface area contributed by atoms with Gasteiger partial charge >= 0.3 is 0 Å². The van der Waals surface area contributed by atoms with Gasteiger partial charge in [0.15, 0.2) is 0 Å². The summed E-state index contributed by atoms with van der Waals surface area (Å²) in [5.74, 6) is 2.13. The van der Waals surface area contributed by atoms with Gasteiger partial charge in [-0.15, -0.1) is 11.8 Å². The molecule has 0 aliphatic carbocycles.